The quantitative estimate of drug-likeness (QED) is 0.664. The Morgan fingerprint density at radius 1 is 1.56 bits per heavy atom. The first kappa shape index (κ1) is 12.6. The molecular formula is C11H12N4O2S. The number of aromatic nitrogens is 1. The number of rotatable bonds is 3. The average Bonchev–Trinajstić information content (AvgIpc) is 2.40. The number of nitro groups is 1. The summed E-state index contributed by atoms with van der Waals surface area (Å²) < 4.78 is 0. The maximum Gasteiger partial charge on any atom is 0.312 e. The Hall–Kier alpha value is -1.81. The van der Waals surface area contributed by atoms with Crippen LogP contribution in [-0.2, 0) is 0 Å². The third-order valence-electron chi connectivity index (χ3n) is 2.76. The highest BCUT2D eigenvalue weighted by atomic mass is 32.2. The number of pyridine rings is 1. The van der Waals surface area contributed by atoms with Crippen molar-refractivity contribution in [3.8, 4) is 6.07 Å². The van der Waals surface area contributed by atoms with Gasteiger partial charge < -0.3 is 5.32 Å². The maximum atomic E-state index is 10.9. The van der Waals surface area contributed by atoms with E-state index in [1.54, 1.807) is 0 Å². The molecule has 0 unspecified atom stereocenters. The Morgan fingerprint density at radius 2 is 2.28 bits per heavy atom. The van der Waals surface area contributed by atoms with Crippen LogP contribution < -0.4 is 5.32 Å². The largest absolute Gasteiger partial charge is 0.362 e. The normalized spacial score (nSPS) is 15.9. The summed E-state index contributed by atoms with van der Waals surface area (Å²) in [7, 11) is 0. The number of anilines is 1. The monoisotopic (exact) mass is 264 g/mol. The van der Waals surface area contributed by atoms with E-state index in [1.807, 2.05) is 17.8 Å². The summed E-state index contributed by atoms with van der Waals surface area (Å²) in [5.41, 5.74) is 0.0683. The van der Waals surface area contributed by atoms with Crippen LogP contribution in [0.15, 0.2) is 12.3 Å². The molecule has 2 rings (SSSR count). The van der Waals surface area contributed by atoms with Gasteiger partial charge in [-0.15, -0.1) is 0 Å². The van der Waals surface area contributed by atoms with Crippen molar-refractivity contribution in [1.82, 2.24) is 4.98 Å². The molecule has 94 valence electrons. The van der Waals surface area contributed by atoms with Crippen LogP contribution in [0.3, 0.4) is 0 Å². The summed E-state index contributed by atoms with van der Waals surface area (Å²) in [6.07, 6.45) is 3.31. The highest BCUT2D eigenvalue weighted by molar-refractivity contribution is 7.99. The predicted octanol–water partition coefficient (Wildman–Crippen LogP) is 2.17. The van der Waals surface area contributed by atoms with E-state index >= 15 is 0 Å². The zero-order chi connectivity index (χ0) is 13.0. The Balaban J connectivity index is 2.21. The first-order chi connectivity index (χ1) is 8.70. The van der Waals surface area contributed by atoms with E-state index in [0.29, 0.717) is 0 Å². The fraction of sp³-hybridized carbons (Fsp3) is 0.455. The van der Waals surface area contributed by atoms with Gasteiger partial charge in [-0.2, -0.15) is 17.0 Å². The van der Waals surface area contributed by atoms with Crippen molar-refractivity contribution in [2.75, 3.05) is 16.8 Å². The molecule has 1 aliphatic heterocycles. The number of hydrogen-bond donors (Lipinski definition) is 1. The molecule has 0 amide bonds. The molecule has 6 nitrogen and oxygen atoms in total. The van der Waals surface area contributed by atoms with Gasteiger partial charge in [0.2, 0.25) is 5.82 Å². The van der Waals surface area contributed by atoms with Crippen molar-refractivity contribution in [2.24, 2.45) is 0 Å². The molecule has 1 fully saturated rings. The zero-order valence-electron chi connectivity index (χ0n) is 9.63. The molecule has 1 aliphatic rings. The van der Waals surface area contributed by atoms with E-state index in [1.165, 1.54) is 12.3 Å². The Kier molecular flexibility index (Phi) is 3.99. The Labute approximate surface area is 109 Å². The van der Waals surface area contributed by atoms with Gasteiger partial charge in [-0.25, -0.2) is 4.98 Å². The van der Waals surface area contributed by atoms with E-state index in [-0.39, 0.29) is 23.1 Å². The first-order valence-corrected chi connectivity index (χ1v) is 6.75. The molecule has 0 saturated carbocycles. The third-order valence-corrected chi connectivity index (χ3v) is 3.80. The topological polar surface area (TPSA) is 91.8 Å². The number of nitrogens with zero attached hydrogens (tertiary/aromatic N) is 3. The second-order valence-electron chi connectivity index (χ2n) is 3.99. The smallest absolute Gasteiger partial charge is 0.312 e. The fourth-order valence-electron chi connectivity index (χ4n) is 1.80. The first-order valence-electron chi connectivity index (χ1n) is 5.59. The molecule has 2 heterocycles. The van der Waals surface area contributed by atoms with Gasteiger partial charge in [0.25, 0.3) is 0 Å². The number of nitriles is 1. The van der Waals surface area contributed by atoms with Crippen molar-refractivity contribution in [2.45, 2.75) is 18.9 Å². The lowest BCUT2D eigenvalue weighted by atomic mass is 10.1. The van der Waals surface area contributed by atoms with Crippen LogP contribution >= 0.6 is 11.8 Å². The highest BCUT2D eigenvalue weighted by Crippen LogP contribution is 2.26. The second kappa shape index (κ2) is 5.69. The minimum atomic E-state index is -0.506. The van der Waals surface area contributed by atoms with E-state index in [4.69, 9.17) is 5.26 Å². The highest BCUT2D eigenvalue weighted by Gasteiger charge is 2.21. The molecule has 0 aliphatic carbocycles. The molecule has 1 saturated heterocycles. The van der Waals surface area contributed by atoms with Gasteiger partial charge in [0.15, 0.2) is 0 Å². The molecule has 0 radical (unpaired) electrons. The molecule has 0 aromatic carbocycles. The molecule has 0 spiro atoms. The molecule has 18 heavy (non-hydrogen) atoms. The van der Waals surface area contributed by atoms with Gasteiger partial charge in [-0.3, -0.25) is 10.1 Å². The van der Waals surface area contributed by atoms with Crippen LogP contribution in [0.1, 0.15) is 18.4 Å². The summed E-state index contributed by atoms with van der Waals surface area (Å²) in [5.74, 6) is 2.37. The van der Waals surface area contributed by atoms with E-state index in [2.05, 4.69) is 10.3 Å². The number of nitrogens with one attached hydrogen (secondary N) is 1. The fourth-order valence-corrected chi connectivity index (χ4v) is 2.91. The summed E-state index contributed by atoms with van der Waals surface area (Å²) in [5, 5.41) is 22.8. The van der Waals surface area contributed by atoms with Crippen LogP contribution in [-0.4, -0.2) is 27.5 Å². The number of hydrogen-bond acceptors (Lipinski definition) is 6. The van der Waals surface area contributed by atoms with E-state index in [9.17, 15) is 10.1 Å². The van der Waals surface area contributed by atoms with Gasteiger partial charge in [0.1, 0.15) is 6.07 Å². The maximum absolute atomic E-state index is 10.9. The second-order valence-corrected chi connectivity index (χ2v) is 5.22. The van der Waals surface area contributed by atoms with Gasteiger partial charge >= 0.3 is 5.69 Å². The predicted molar refractivity (Wildman–Crippen MR) is 69.6 cm³/mol. The molecule has 1 N–H and O–H groups in total. The molecule has 1 aromatic rings. The standard InChI is InChI=1S/C11H12N4O2S/c12-6-8-5-10(15(16)17)11(13-7-8)14-9-1-3-18-4-2-9/h5,7,9H,1-4H2,(H,13,14). The van der Waals surface area contributed by atoms with Gasteiger partial charge in [-0.05, 0) is 24.3 Å². The lowest BCUT2D eigenvalue weighted by Crippen LogP contribution is -2.25. The van der Waals surface area contributed by atoms with Gasteiger partial charge in [0, 0.05) is 18.3 Å². The summed E-state index contributed by atoms with van der Waals surface area (Å²) >= 11 is 1.89. The molecule has 0 atom stereocenters. The average molecular weight is 264 g/mol. The molecule has 0 bridgehead atoms. The van der Waals surface area contributed by atoms with E-state index < -0.39 is 4.92 Å². The minimum Gasteiger partial charge on any atom is -0.362 e. The van der Waals surface area contributed by atoms with Crippen molar-refractivity contribution < 1.29 is 4.92 Å². The van der Waals surface area contributed by atoms with Crippen molar-refractivity contribution in [3.05, 3.63) is 27.9 Å². The van der Waals surface area contributed by atoms with Crippen LogP contribution in [0, 0.1) is 21.4 Å². The van der Waals surface area contributed by atoms with Gasteiger partial charge in [-0.1, -0.05) is 0 Å². The van der Waals surface area contributed by atoms with Crippen LogP contribution in [0.2, 0.25) is 0 Å². The summed E-state index contributed by atoms with van der Waals surface area (Å²) in [6, 6.07) is 3.34. The van der Waals surface area contributed by atoms with Crippen LogP contribution in [0.5, 0.6) is 0 Å². The van der Waals surface area contributed by atoms with Crippen molar-refractivity contribution in [3.63, 3.8) is 0 Å². The van der Waals surface area contributed by atoms with Crippen LogP contribution in [0.25, 0.3) is 0 Å². The minimum absolute atomic E-state index is 0.132. The third kappa shape index (κ3) is 2.90. The van der Waals surface area contributed by atoms with Gasteiger partial charge in [0.05, 0.1) is 10.5 Å². The Bertz CT molecular complexity index is 494. The Morgan fingerprint density at radius 3 is 2.89 bits per heavy atom. The van der Waals surface area contributed by atoms with Crippen LogP contribution in [0.4, 0.5) is 11.5 Å². The SMILES string of the molecule is N#Cc1cnc(NC2CCSCC2)c([N+](=O)[O-])c1. The lowest BCUT2D eigenvalue weighted by molar-refractivity contribution is -0.384. The molecule has 1 aromatic heterocycles. The summed E-state index contributed by atoms with van der Waals surface area (Å²) in [4.78, 5) is 14.4. The summed E-state index contributed by atoms with van der Waals surface area (Å²) in [6.45, 7) is 0. The molecule has 7 heteroatoms. The zero-order valence-corrected chi connectivity index (χ0v) is 10.4. The lowest BCUT2D eigenvalue weighted by Gasteiger charge is -2.22. The molecular weight excluding hydrogens is 252 g/mol. The van der Waals surface area contributed by atoms with Crippen molar-refractivity contribution in [1.29, 1.82) is 5.26 Å². The van der Waals surface area contributed by atoms with E-state index in [0.717, 1.165) is 24.3 Å². The van der Waals surface area contributed by atoms with Crippen molar-refractivity contribution >= 4 is 23.3 Å². The number of thioether (sulfide) groups is 1.